The summed E-state index contributed by atoms with van der Waals surface area (Å²) in [6.07, 6.45) is -4.29. The van der Waals surface area contributed by atoms with Crippen LogP contribution in [0.3, 0.4) is 0 Å². The zero-order chi connectivity index (χ0) is 13.9. The molecule has 1 atom stereocenters. The van der Waals surface area contributed by atoms with Gasteiger partial charge < -0.3 is 5.73 Å². The van der Waals surface area contributed by atoms with E-state index in [2.05, 4.69) is 4.98 Å². The Labute approximate surface area is 103 Å². The highest BCUT2D eigenvalue weighted by molar-refractivity contribution is 5.41. The minimum atomic E-state index is -4.22. The lowest BCUT2D eigenvalue weighted by Crippen LogP contribution is -2.15. The van der Waals surface area contributed by atoms with Crippen molar-refractivity contribution in [2.75, 3.05) is 5.73 Å². The summed E-state index contributed by atoms with van der Waals surface area (Å²) in [7, 11) is 0. The molecule has 0 amide bonds. The van der Waals surface area contributed by atoms with Gasteiger partial charge in [0, 0.05) is 12.0 Å². The molecule has 0 radical (unpaired) electrons. The number of hydrogen-bond donors (Lipinski definition) is 1. The van der Waals surface area contributed by atoms with Gasteiger partial charge in [0.25, 0.3) is 0 Å². The maximum absolute atomic E-state index is 13.1. The van der Waals surface area contributed by atoms with Crippen molar-refractivity contribution in [2.45, 2.75) is 38.8 Å². The van der Waals surface area contributed by atoms with E-state index in [1.165, 1.54) is 6.07 Å². The standard InChI is InChI=1S/C12H16F4N2/c1-7(2)9(3-4-12(14,15)16)10-5-8(13)6-18-11(10)17/h5-7,9H,3-4H2,1-2H3,(H2,17,18)/t9-/m0/s1. The summed E-state index contributed by atoms with van der Waals surface area (Å²) in [5.41, 5.74) is 5.96. The molecule has 2 N–H and O–H groups in total. The molecular formula is C12H16F4N2. The summed E-state index contributed by atoms with van der Waals surface area (Å²) in [6, 6.07) is 1.17. The summed E-state index contributed by atoms with van der Waals surface area (Å²) in [5.74, 6) is -1.01. The van der Waals surface area contributed by atoms with E-state index in [-0.39, 0.29) is 18.2 Å². The number of rotatable bonds is 4. The molecule has 0 aliphatic rings. The van der Waals surface area contributed by atoms with Crippen LogP contribution < -0.4 is 5.73 Å². The first-order valence-corrected chi connectivity index (χ1v) is 5.68. The van der Waals surface area contributed by atoms with Crippen molar-refractivity contribution < 1.29 is 17.6 Å². The maximum Gasteiger partial charge on any atom is 0.389 e. The summed E-state index contributed by atoms with van der Waals surface area (Å²) < 4.78 is 49.9. The first-order valence-electron chi connectivity index (χ1n) is 5.68. The topological polar surface area (TPSA) is 38.9 Å². The van der Waals surface area contributed by atoms with Crippen LogP contribution in [0.15, 0.2) is 12.3 Å². The predicted octanol–water partition coefficient (Wildman–Crippen LogP) is 3.89. The first-order chi connectivity index (χ1) is 8.20. The quantitative estimate of drug-likeness (QED) is 0.838. The third-order valence-corrected chi connectivity index (χ3v) is 2.86. The van der Waals surface area contributed by atoms with E-state index in [9.17, 15) is 17.6 Å². The third kappa shape index (κ3) is 4.16. The van der Waals surface area contributed by atoms with Gasteiger partial charge in [-0.3, -0.25) is 0 Å². The van der Waals surface area contributed by atoms with Crippen molar-refractivity contribution in [2.24, 2.45) is 5.92 Å². The average molecular weight is 264 g/mol. The van der Waals surface area contributed by atoms with Crippen LogP contribution in [-0.4, -0.2) is 11.2 Å². The van der Waals surface area contributed by atoms with Crippen LogP contribution in [0, 0.1) is 11.7 Å². The third-order valence-electron chi connectivity index (χ3n) is 2.86. The van der Waals surface area contributed by atoms with Crippen LogP contribution >= 0.6 is 0 Å². The molecule has 0 saturated heterocycles. The number of anilines is 1. The second kappa shape index (κ2) is 5.54. The first kappa shape index (κ1) is 14.7. The van der Waals surface area contributed by atoms with Crippen molar-refractivity contribution in [3.8, 4) is 0 Å². The van der Waals surface area contributed by atoms with E-state index >= 15 is 0 Å². The van der Waals surface area contributed by atoms with E-state index in [1.54, 1.807) is 13.8 Å². The molecule has 0 saturated carbocycles. The van der Waals surface area contributed by atoms with Gasteiger partial charge in [-0.15, -0.1) is 0 Å². The fraction of sp³-hybridized carbons (Fsp3) is 0.583. The van der Waals surface area contributed by atoms with Gasteiger partial charge in [-0.2, -0.15) is 13.2 Å². The fourth-order valence-electron chi connectivity index (χ4n) is 1.93. The maximum atomic E-state index is 13.1. The molecule has 102 valence electrons. The van der Waals surface area contributed by atoms with Crippen molar-refractivity contribution in [1.82, 2.24) is 4.98 Å². The number of nitrogen functional groups attached to an aromatic ring is 1. The van der Waals surface area contributed by atoms with Crippen molar-refractivity contribution in [3.63, 3.8) is 0 Å². The minimum absolute atomic E-state index is 0.0711. The van der Waals surface area contributed by atoms with Gasteiger partial charge in [0.2, 0.25) is 0 Å². The second-order valence-electron chi connectivity index (χ2n) is 4.63. The lowest BCUT2D eigenvalue weighted by Gasteiger charge is -2.23. The van der Waals surface area contributed by atoms with E-state index in [0.29, 0.717) is 5.56 Å². The predicted molar refractivity (Wildman–Crippen MR) is 61.5 cm³/mol. The van der Waals surface area contributed by atoms with Crippen LogP contribution in [-0.2, 0) is 0 Å². The summed E-state index contributed by atoms with van der Waals surface area (Å²) in [5, 5.41) is 0. The van der Waals surface area contributed by atoms with Gasteiger partial charge in [-0.1, -0.05) is 13.8 Å². The Morgan fingerprint density at radius 3 is 2.44 bits per heavy atom. The number of nitrogens with two attached hydrogens (primary N) is 1. The van der Waals surface area contributed by atoms with Gasteiger partial charge in [0.1, 0.15) is 11.6 Å². The highest BCUT2D eigenvalue weighted by Crippen LogP contribution is 2.35. The Morgan fingerprint density at radius 1 is 1.33 bits per heavy atom. The van der Waals surface area contributed by atoms with Gasteiger partial charge in [-0.05, 0) is 24.3 Å². The molecule has 0 fully saturated rings. The molecular weight excluding hydrogens is 248 g/mol. The zero-order valence-corrected chi connectivity index (χ0v) is 10.3. The Balaban J connectivity index is 2.94. The van der Waals surface area contributed by atoms with E-state index in [1.807, 2.05) is 0 Å². The van der Waals surface area contributed by atoms with Crippen LogP contribution in [0.1, 0.15) is 38.2 Å². The van der Waals surface area contributed by atoms with Gasteiger partial charge in [0.15, 0.2) is 0 Å². The Bertz CT molecular complexity index is 402. The van der Waals surface area contributed by atoms with Crippen LogP contribution in [0.25, 0.3) is 0 Å². The fourth-order valence-corrected chi connectivity index (χ4v) is 1.93. The molecule has 0 unspecified atom stereocenters. The SMILES string of the molecule is CC(C)[C@H](CCC(F)(F)F)c1cc(F)cnc1N. The molecule has 0 aromatic carbocycles. The van der Waals surface area contributed by atoms with Crippen LogP contribution in [0.5, 0.6) is 0 Å². The summed E-state index contributed by atoms with van der Waals surface area (Å²) in [6.45, 7) is 3.57. The highest BCUT2D eigenvalue weighted by atomic mass is 19.4. The van der Waals surface area contributed by atoms with E-state index < -0.39 is 24.3 Å². The molecule has 6 heteroatoms. The lowest BCUT2D eigenvalue weighted by molar-refractivity contribution is -0.136. The molecule has 1 rings (SSSR count). The van der Waals surface area contributed by atoms with E-state index in [0.717, 1.165) is 6.20 Å². The number of hydrogen-bond acceptors (Lipinski definition) is 2. The lowest BCUT2D eigenvalue weighted by atomic mass is 9.85. The number of alkyl halides is 3. The van der Waals surface area contributed by atoms with Gasteiger partial charge in [-0.25, -0.2) is 9.37 Å². The average Bonchev–Trinajstić information content (AvgIpc) is 2.21. The molecule has 0 spiro atoms. The number of aromatic nitrogens is 1. The summed E-state index contributed by atoms with van der Waals surface area (Å²) >= 11 is 0. The molecule has 18 heavy (non-hydrogen) atoms. The highest BCUT2D eigenvalue weighted by Gasteiger charge is 2.30. The number of pyridine rings is 1. The molecule has 0 aliphatic heterocycles. The molecule has 2 nitrogen and oxygen atoms in total. The van der Waals surface area contributed by atoms with Gasteiger partial charge in [0.05, 0.1) is 6.20 Å². The molecule has 1 heterocycles. The number of halogens is 4. The van der Waals surface area contributed by atoms with Crippen molar-refractivity contribution in [1.29, 1.82) is 0 Å². The largest absolute Gasteiger partial charge is 0.389 e. The number of nitrogens with zero attached hydrogens (tertiary/aromatic N) is 1. The Kier molecular flexibility index (Phi) is 4.53. The monoisotopic (exact) mass is 264 g/mol. The van der Waals surface area contributed by atoms with Crippen LogP contribution in [0.4, 0.5) is 23.4 Å². The van der Waals surface area contributed by atoms with Gasteiger partial charge >= 0.3 is 6.18 Å². The van der Waals surface area contributed by atoms with Crippen molar-refractivity contribution in [3.05, 3.63) is 23.6 Å². The second-order valence-corrected chi connectivity index (χ2v) is 4.63. The van der Waals surface area contributed by atoms with Crippen molar-refractivity contribution >= 4 is 5.82 Å². The smallest absolute Gasteiger partial charge is 0.383 e. The minimum Gasteiger partial charge on any atom is -0.383 e. The molecule has 1 aromatic rings. The Morgan fingerprint density at radius 2 is 1.94 bits per heavy atom. The van der Waals surface area contributed by atoms with E-state index in [4.69, 9.17) is 5.73 Å². The Hall–Kier alpha value is -1.33. The molecule has 0 aliphatic carbocycles. The summed E-state index contributed by atoms with van der Waals surface area (Å²) in [4.78, 5) is 3.65. The van der Waals surface area contributed by atoms with Crippen LogP contribution in [0.2, 0.25) is 0 Å². The molecule has 0 bridgehead atoms. The normalized spacial score (nSPS) is 13.9. The molecule has 1 aromatic heterocycles. The zero-order valence-electron chi connectivity index (χ0n) is 10.3.